The van der Waals surface area contributed by atoms with E-state index in [1.54, 1.807) is 0 Å². The molecule has 0 aliphatic carbocycles. The van der Waals surface area contributed by atoms with Crippen molar-refractivity contribution in [1.82, 2.24) is 4.98 Å². The molecule has 0 unspecified atom stereocenters. The fraction of sp³-hybridized carbons (Fsp3) is 0.556. The van der Waals surface area contributed by atoms with E-state index in [2.05, 4.69) is 18.8 Å². The molecule has 0 aliphatic rings. The summed E-state index contributed by atoms with van der Waals surface area (Å²) >= 11 is 1.23. The summed E-state index contributed by atoms with van der Waals surface area (Å²) in [6, 6.07) is 0. The minimum atomic E-state index is -0.932. The number of nitrogens with zero attached hydrogens (tertiary/aromatic N) is 1. The number of hydrogen-bond donors (Lipinski definition) is 2. The van der Waals surface area contributed by atoms with Crippen molar-refractivity contribution in [2.75, 3.05) is 0 Å². The van der Waals surface area contributed by atoms with Gasteiger partial charge in [-0.1, -0.05) is 13.8 Å². The molecule has 1 aromatic rings. The van der Waals surface area contributed by atoms with Gasteiger partial charge in [0.1, 0.15) is 4.88 Å². The molecule has 1 aromatic heterocycles. The van der Waals surface area contributed by atoms with Crippen LogP contribution in [0.25, 0.3) is 0 Å². The normalized spacial score (nSPS) is 10.9. The fourth-order valence-corrected chi connectivity index (χ4v) is 2.29. The van der Waals surface area contributed by atoms with Gasteiger partial charge in [-0.3, -0.25) is 0 Å². The Morgan fingerprint density at radius 2 is 2.29 bits per heavy atom. The highest BCUT2D eigenvalue weighted by Gasteiger charge is 2.16. The Morgan fingerprint density at radius 1 is 1.64 bits per heavy atom. The zero-order valence-electron chi connectivity index (χ0n) is 8.28. The third-order valence-corrected chi connectivity index (χ3v) is 2.82. The Balaban J connectivity index is 2.94. The van der Waals surface area contributed by atoms with Crippen molar-refractivity contribution in [1.29, 1.82) is 0 Å². The van der Waals surface area contributed by atoms with Gasteiger partial charge in [0.2, 0.25) is 0 Å². The van der Waals surface area contributed by atoms with E-state index in [1.807, 2.05) is 0 Å². The van der Waals surface area contributed by atoms with Crippen LogP contribution in [0.2, 0.25) is 0 Å². The first-order valence-electron chi connectivity index (χ1n) is 4.46. The predicted molar refractivity (Wildman–Crippen MR) is 55.5 cm³/mol. The predicted octanol–water partition coefficient (Wildman–Crippen LogP) is 1.50. The SMILES string of the molecule is CC(C)Cc1nc(CN)c(C(=O)O)s1. The Labute approximate surface area is 86.8 Å². The molecule has 0 spiro atoms. The average molecular weight is 214 g/mol. The van der Waals surface area contributed by atoms with Gasteiger partial charge >= 0.3 is 5.97 Å². The highest BCUT2D eigenvalue weighted by molar-refractivity contribution is 7.13. The van der Waals surface area contributed by atoms with Crippen LogP contribution in [0.3, 0.4) is 0 Å². The minimum absolute atomic E-state index is 0.191. The Kier molecular flexibility index (Phi) is 3.60. The molecule has 3 N–H and O–H groups in total. The number of thiazole rings is 1. The first-order chi connectivity index (χ1) is 6.54. The molecular formula is C9H14N2O2S. The van der Waals surface area contributed by atoms with Crippen LogP contribution in [0.4, 0.5) is 0 Å². The second-order valence-electron chi connectivity index (χ2n) is 3.49. The van der Waals surface area contributed by atoms with Gasteiger partial charge in [-0.05, 0) is 5.92 Å². The lowest BCUT2D eigenvalue weighted by Crippen LogP contribution is -2.04. The summed E-state index contributed by atoms with van der Waals surface area (Å²) in [5.41, 5.74) is 5.91. The minimum Gasteiger partial charge on any atom is -0.477 e. The van der Waals surface area contributed by atoms with Crippen LogP contribution >= 0.6 is 11.3 Å². The molecular weight excluding hydrogens is 200 g/mol. The Hall–Kier alpha value is -0.940. The molecule has 14 heavy (non-hydrogen) atoms. The van der Waals surface area contributed by atoms with Gasteiger partial charge in [0.15, 0.2) is 0 Å². The summed E-state index contributed by atoms with van der Waals surface area (Å²) in [6.07, 6.45) is 0.810. The molecule has 0 aliphatic heterocycles. The van der Waals surface area contributed by atoms with Crippen molar-refractivity contribution in [3.63, 3.8) is 0 Å². The average Bonchev–Trinajstić information content (AvgIpc) is 2.46. The van der Waals surface area contributed by atoms with Crippen molar-refractivity contribution < 1.29 is 9.90 Å². The van der Waals surface area contributed by atoms with E-state index in [4.69, 9.17) is 10.8 Å². The molecule has 0 saturated carbocycles. The molecule has 0 bridgehead atoms. The van der Waals surface area contributed by atoms with E-state index in [0.29, 0.717) is 11.6 Å². The molecule has 4 nitrogen and oxygen atoms in total. The molecule has 1 heterocycles. The number of hydrogen-bond acceptors (Lipinski definition) is 4. The first kappa shape index (κ1) is 11.1. The Bertz CT molecular complexity index is 334. The van der Waals surface area contributed by atoms with Crippen LogP contribution in [0.15, 0.2) is 0 Å². The van der Waals surface area contributed by atoms with Crippen molar-refractivity contribution in [3.8, 4) is 0 Å². The smallest absolute Gasteiger partial charge is 0.347 e. The van der Waals surface area contributed by atoms with Gasteiger partial charge < -0.3 is 10.8 Å². The lowest BCUT2D eigenvalue weighted by Gasteiger charge is -1.97. The van der Waals surface area contributed by atoms with Crippen LogP contribution in [0, 0.1) is 5.92 Å². The summed E-state index contributed by atoms with van der Waals surface area (Å²) in [7, 11) is 0. The number of rotatable bonds is 4. The van der Waals surface area contributed by atoms with Gasteiger partial charge in [-0.15, -0.1) is 11.3 Å². The number of nitrogens with two attached hydrogens (primary N) is 1. The van der Waals surface area contributed by atoms with E-state index in [0.717, 1.165) is 11.4 Å². The molecule has 0 fully saturated rings. The molecule has 0 atom stereocenters. The molecule has 5 heteroatoms. The molecule has 0 radical (unpaired) electrons. The van der Waals surface area contributed by atoms with E-state index in [-0.39, 0.29) is 11.4 Å². The van der Waals surface area contributed by atoms with E-state index in [1.165, 1.54) is 11.3 Å². The molecule has 78 valence electrons. The van der Waals surface area contributed by atoms with Gasteiger partial charge in [-0.2, -0.15) is 0 Å². The van der Waals surface area contributed by atoms with Gasteiger partial charge in [0.05, 0.1) is 10.7 Å². The molecule has 1 rings (SSSR count). The third-order valence-electron chi connectivity index (χ3n) is 1.71. The fourth-order valence-electron chi connectivity index (χ4n) is 1.14. The number of carboxylic acids is 1. The number of carbonyl (C=O) groups is 1. The summed E-state index contributed by atoms with van der Waals surface area (Å²) in [5.74, 6) is -0.452. The van der Waals surface area contributed by atoms with Gasteiger partial charge in [0.25, 0.3) is 0 Å². The standard InChI is InChI=1S/C9H14N2O2S/c1-5(2)3-7-11-6(4-10)8(14-7)9(12)13/h5H,3-4,10H2,1-2H3,(H,12,13). The van der Waals surface area contributed by atoms with Crippen LogP contribution in [0.1, 0.15) is 34.2 Å². The zero-order valence-corrected chi connectivity index (χ0v) is 9.10. The first-order valence-corrected chi connectivity index (χ1v) is 5.28. The quantitative estimate of drug-likeness (QED) is 0.796. The molecule has 0 saturated heterocycles. The summed E-state index contributed by atoms with van der Waals surface area (Å²) in [5, 5.41) is 9.72. The van der Waals surface area contributed by atoms with E-state index in [9.17, 15) is 4.79 Å². The highest BCUT2D eigenvalue weighted by atomic mass is 32.1. The van der Waals surface area contributed by atoms with Crippen LogP contribution in [-0.4, -0.2) is 16.1 Å². The zero-order chi connectivity index (χ0) is 10.7. The maximum Gasteiger partial charge on any atom is 0.347 e. The molecule has 0 amide bonds. The van der Waals surface area contributed by atoms with E-state index >= 15 is 0 Å². The third kappa shape index (κ3) is 2.52. The van der Waals surface area contributed by atoms with Crippen molar-refractivity contribution in [2.45, 2.75) is 26.8 Å². The van der Waals surface area contributed by atoms with Crippen LogP contribution in [0.5, 0.6) is 0 Å². The number of aromatic nitrogens is 1. The summed E-state index contributed by atoms with van der Waals surface area (Å²) in [6.45, 7) is 4.34. The lowest BCUT2D eigenvalue weighted by molar-refractivity contribution is 0.0700. The van der Waals surface area contributed by atoms with Crippen LogP contribution < -0.4 is 5.73 Å². The number of aromatic carboxylic acids is 1. The lowest BCUT2D eigenvalue weighted by atomic mass is 10.1. The van der Waals surface area contributed by atoms with Gasteiger partial charge in [0, 0.05) is 13.0 Å². The highest BCUT2D eigenvalue weighted by Crippen LogP contribution is 2.20. The molecule has 0 aromatic carbocycles. The largest absolute Gasteiger partial charge is 0.477 e. The van der Waals surface area contributed by atoms with Gasteiger partial charge in [-0.25, -0.2) is 9.78 Å². The topological polar surface area (TPSA) is 76.2 Å². The van der Waals surface area contributed by atoms with Crippen LogP contribution in [-0.2, 0) is 13.0 Å². The van der Waals surface area contributed by atoms with Crippen molar-refractivity contribution >= 4 is 17.3 Å². The maximum atomic E-state index is 10.8. The Morgan fingerprint density at radius 3 is 2.64 bits per heavy atom. The second-order valence-corrected chi connectivity index (χ2v) is 4.57. The van der Waals surface area contributed by atoms with Crippen molar-refractivity contribution in [2.24, 2.45) is 11.7 Å². The summed E-state index contributed by atoms with van der Waals surface area (Å²) < 4.78 is 0. The number of carboxylic acid groups (broad SMARTS) is 1. The second kappa shape index (κ2) is 4.52. The van der Waals surface area contributed by atoms with E-state index < -0.39 is 5.97 Å². The maximum absolute atomic E-state index is 10.8. The van der Waals surface area contributed by atoms with Crippen molar-refractivity contribution in [3.05, 3.63) is 15.6 Å². The summed E-state index contributed by atoms with van der Waals surface area (Å²) in [4.78, 5) is 15.3. The monoisotopic (exact) mass is 214 g/mol.